The third-order valence-corrected chi connectivity index (χ3v) is 4.91. The van der Waals surface area contributed by atoms with Gasteiger partial charge in [0, 0.05) is 20.2 Å². The number of rotatable bonds is 10. The van der Waals surface area contributed by atoms with Crippen LogP contribution < -0.4 is 5.32 Å². The van der Waals surface area contributed by atoms with Crippen LogP contribution in [0, 0.1) is 11.3 Å². The number of methoxy groups -OCH3 is 1. The fraction of sp³-hybridized carbons (Fsp3) is 1.00. The summed E-state index contributed by atoms with van der Waals surface area (Å²) in [4.78, 5) is 0. The van der Waals surface area contributed by atoms with E-state index in [9.17, 15) is 0 Å². The van der Waals surface area contributed by atoms with Gasteiger partial charge in [0.15, 0.2) is 0 Å². The summed E-state index contributed by atoms with van der Waals surface area (Å²) in [7, 11) is 1.78. The molecule has 1 saturated carbocycles. The Morgan fingerprint density at radius 2 is 1.94 bits per heavy atom. The van der Waals surface area contributed by atoms with Gasteiger partial charge >= 0.3 is 0 Å². The van der Waals surface area contributed by atoms with E-state index in [0.717, 1.165) is 19.1 Å². The van der Waals surface area contributed by atoms with E-state index in [1.165, 1.54) is 57.9 Å². The van der Waals surface area contributed by atoms with Gasteiger partial charge in [0.2, 0.25) is 0 Å². The Hall–Kier alpha value is -0.0800. The van der Waals surface area contributed by atoms with Crippen molar-refractivity contribution in [2.24, 2.45) is 11.3 Å². The van der Waals surface area contributed by atoms with Crippen LogP contribution in [0.25, 0.3) is 0 Å². The van der Waals surface area contributed by atoms with E-state index in [0.29, 0.717) is 5.41 Å². The Kier molecular flexibility index (Phi) is 7.92. The molecule has 0 bridgehead atoms. The Morgan fingerprint density at radius 1 is 1.22 bits per heavy atom. The van der Waals surface area contributed by atoms with Crippen molar-refractivity contribution in [3.8, 4) is 0 Å². The Balaban J connectivity index is 2.52. The SMILES string of the molecule is CCCCC(CC)(CNCCOC)C1CCCC1. The molecular weight excluding hydrogens is 222 g/mol. The highest BCUT2D eigenvalue weighted by atomic mass is 16.5. The Labute approximate surface area is 114 Å². The zero-order valence-corrected chi connectivity index (χ0v) is 12.8. The second kappa shape index (κ2) is 8.92. The topological polar surface area (TPSA) is 21.3 Å². The summed E-state index contributed by atoms with van der Waals surface area (Å²) >= 11 is 0. The van der Waals surface area contributed by atoms with Crippen LogP contribution in [0.2, 0.25) is 0 Å². The molecule has 1 unspecified atom stereocenters. The lowest BCUT2D eigenvalue weighted by Gasteiger charge is -2.39. The zero-order chi connectivity index (χ0) is 13.3. The maximum absolute atomic E-state index is 5.13. The number of ether oxygens (including phenoxy) is 1. The van der Waals surface area contributed by atoms with Gasteiger partial charge in [0.05, 0.1) is 6.61 Å². The van der Waals surface area contributed by atoms with Crippen molar-refractivity contribution in [2.75, 3.05) is 26.8 Å². The third kappa shape index (κ3) is 4.55. The third-order valence-electron chi connectivity index (χ3n) is 4.91. The molecule has 1 rings (SSSR count). The molecule has 0 saturated heterocycles. The van der Waals surface area contributed by atoms with Crippen LogP contribution in [0.4, 0.5) is 0 Å². The Bertz CT molecular complexity index is 201. The van der Waals surface area contributed by atoms with Crippen LogP contribution in [0.3, 0.4) is 0 Å². The van der Waals surface area contributed by atoms with Crippen molar-refractivity contribution in [2.45, 2.75) is 65.2 Å². The molecule has 0 amide bonds. The van der Waals surface area contributed by atoms with Gasteiger partial charge < -0.3 is 10.1 Å². The van der Waals surface area contributed by atoms with Gasteiger partial charge in [0.1, 0.15) is 0 Å². The summed E-state index contributed by atoms with van der Waals surface area (Å²) < 4.78 is 5.13. The van der Waals surface area contributed by atoms with Crippen LogP contribution in [0.5, 0.6) is 0 Å². The van der Waals surface area contributed by atoms with Crippen LogP contribution in [-0.2, 0) is 4.74 Å². The maximum Gasteiger partial charge on any atom is 0.0587 e. The zero-order valence-electron chi connectivity index (χ0n) is 12.8. The van der Waals surface area contributed by atoms with Crippen molar-refractivity contribution in [3.63, 3.8) is 0 Å². The van der Waals surface area contributed by atoms with Crippen LogP contribution in [-0.4, -0.2) is 26.8 Å². The lowest BCUT2D eigenvalue weighted by atomic mass is 9.69. The number of unbranched alkanes of at least 4 members (excludes halogenated alkanes) is 1. The molecule has 0 spiro atoms. The van der Waals surface area contributed by atoms with Gasteiger partial charge in [-0.15, -0.1) is 0 Å². The van der Waals surface area contributed by atoms with Gasteiger partial charge in [-0.2, -0.15) is 0 Å². The normalized spacial score (nSPS) is 20.2. The van der Waals surface area contributed by atoms with Crippen molar-refractivity contribution in [3.05, 3.63) is 0 Å². The smallest absolute Gasteiger partial charge is 0.0587 e. The molecule has 0 aromatic carbocycles. The molecule has 18 heavy (non-hydrogen) atoms. The fourth-order valence-electron chi connectivity index (χ4n) is 3.61. The van der Waals surface area contributed by atoms with Crippen molar-refractivity contribution < 1.29 is 4.74 Å². The number of hydrogen-bond acceptors (Lipinski definition) is 2. The van der Waals surface area contributed by atoms with E-state index >= 15 is 0 Å². The molecule has 108 valence electrons. The van der Waals surface area contributed by atoms with Gasteiger partial charge in [-0.05, 0) is 37.0 Å². The van der Waals surface area contributed by atoms with E-state index in [2.05, 4.69) is 19.2 Å². The molecule has 1 aliphatic carbocycles. The first-order valence-corrected chi connectivity index (χ1v) is 7.98. The van der Waals surface area contributed by atoms with Gasteiger partial charge in [-0.25, -0.2) is 0 Å². The minimum Gasteiger partial charge on any atom is -0.383 e. The summed E-state index contributed by atoms with van der Waals surface area (Å²) in [5.74, 6) is 0.962. The monoisotopic (exact) mass is 255 g/mol. The highest BCUT2D eigenvalue weighted by molar-refractivity contribution is 4.90. The first-order valence-electron chi connectivity index (χ1n) is 7.98. The van der Waals surface area contributed by atoms with Gasteiger partial charge in [0.25, 0.3) is 0 Å². The standard InChI is InChI=1S/C16H33NO/c1-4-6-11-16(5-2,14-17-12-13-18-3)15-9-7-8-10-15/h15,17H,4-14H2,1-3H3. The second-order valence-corrected chi connectivity index (χ2v) is 5.97. The fourth-order valence-corrected chi connectivity index (χ4v) is 3.61. The summed E-state index contributed by atoms with van der Waals surface area (Å²) in [5, 5.41) is 3.64. The summed E-state index contributed by atoms with van der Waals surface area (Å²) in [6.45, 7) is 7.73. The van der Waals surface area contributed by atoms with Crippen LogP contribution >= 0.6 is 0 Å². The highest BCUT2D eigenvalue weighted by Crippen LogP contribution is 2.45. The van der Waals surface area contributed by atoms with Gasteiger partial charge in [-0.1, -0.05) is 39.5 Å². The summed E-state index contributed by atoms with van der Waals surface area (Å²) in [5.41, 5.74) is 0.556. The average molecular weight is 255 g/mol. The first-order chi connectivity index (χ1) is 8.79. The van der Waals surface area contributed by atoms with E-state index in [1.807, 2.05) is 0 Å². The van der Waals surface area contributed by atoms with Crippen LogP contribution in [0.15, 0.2) is 0 Å². The molecule has 0 aliphatic heterocycles. The largest absolute Gasteiger partial charge is 0.383 e. The summed E-state index contributed by atoms with van der Waals surface area (Å²) in [6.07, 6.45) is 11.3. The molecule has 0 radical (unpaired) electrons. The maximum atomic E-state index is 5.13. The van der Waals surface area contributed by atoms with E-state index in [1.54, 1.807) is 7.11 Å². The van der Waals surface area contributed by atoms with Crippen molar-refractivity contribution in [1.29, 1.82) is 0 Å². The molecule has 1 atom stereocenters. The minimum absolute atomic E-state index is 0.556. The van der Waals surface area contributed by atoms with E-state index in [-0.39, 0.29) is 0 Å². The molecule has 1 fully saturated rings. The predicted octanol–water partition coefficient (Wildman–Crippen LogP) is 4.00. The van der Waals surface area contributed by atoms with Crippen molar-refractivity contribution >= 4 is 0 Å². The van der Waals surface area contributed by atoms with Crippen molar-refractivity contribution in [1.82, 2.24) is 5.32 Å². The molecular formula is C16H33NO. The molecule has 2 nitrogen and oxygen atoms in total. The van der Waals surface area contributed by atoms with Gasteiger partial charge in [-0.3, -0.25) is 0 Å². The Morgan fingerprint density at radius 3 is 2.50 bits per heavy atom. The second-order valence-electron chi connectivity index (χ2n) is 5.97. The average Bonchev–Trinajstić information content (AvgIpc) is 2.93. The molecule has 0 heterocycles. The van der Waals surface area contributed by atoms with E-state index < -0.39 is 0 Å². The molecule has 0 aromatic heterocycles. The quantitative estimate of drug-likeness (QED) is 0.596. The van der Waals surface area contributed by atoms with Crippen LogP contribution in [0.1, 0.15) is 65.2 Å². The minimum atomic E-state index is 0.556. The molecule has 2 heteroatoms. The molecule has 1 aliphatic rings. The lowest BCUT2D eigenvalue weighted by molar-refractivity contribution is 0.123. The predicted molar refractivity (Wildman–Crippen MR) is 79.0 cm³/mol. The van der Waals surface area contributed by atoms with E-state index in [4.69, 9.17) is 4.74 Å². The summed E-state index contributed by atoms with van der Waals surface area (Å²) in [6, 6.07) is 0. The first kappa shape index (κ1) is 16.0. The highest BCUT2D eigenvalue weighted by Gasteiger charge is 2.37. The molecule has 0 aromatic rings. The number of nitrogens with one attached hydrogen (secondary N) is 1. The lowest BCUT2D eigenvalue weighted by Crippen LogP contribution is -2.40. The number of hydrogen-bond donors (Lipinski definition) is 1. The molecule has 1 N–H and O–H groups in total.